The lowest BCUT2D eigenvalue weighted by Crippen LogP contribution is -2.26. The van der Waals surface area contributed by atoms with E-state index >= 15 is 0 Å². The molecule has 0 bridgehead atoms. The molecular weight excluding hydrogens is 250 g/mol. The fourth-order valence-corrected chi connectivity index (χ4v) is 3.28. The van der Waals surface area contributed by atoms with Crippen molar-refractivity contribution >= 4 is 15.9 Å². The molecule has 0 spiro atoms. The van der Waals surface area contributed by atoms with Gasteiger partial charge in [0.2, 0.25) is 0 Å². The highest BCUT2D eigenvalue weighted by Crippen LogP contribution is 2.25. The second kappa shape index (κ2) is 7.67. The number of alkyl halides is 1. The molecular formula is C13H26BrN. The van der Waals surface area contributed by atoms with E-state index in [4.69, 9.17) is 0 Å². The molecule has 0 aliphatic heterocycles. The topological polar surface area (TPSA) is 3.24 Å². The highest BCUT2D eigenvalue weighted by Gasteiger charge is 2.16. The van der Waals surface area contributed by atoms with Crippen molar-refractivity contribution < 1.29 is 0 Å². The smallest absolute Gasteiger partial charge is 0.00338 e. The first-order valence-electron chi connectivity index (χ1n) is 6.47. The molecule has 1 rings (SSSR count). The number of halogens is 1. The fraction of sp³-hybridized carbons (Fsp3) is 1.00. The summed E-state index contributed by atoms with van der Waals surface area (Å²) in [5.74, 6) is 1.87. The zero-order chi connectivity index (χ0) is 11.1. The Labute approximate surface area is 104 Å². The lowest BCUT2D eigenvalue weighted by molar-refractivity contribution is 0.259. The third-order valence-electron chi connectivity index (χ3n) is 3.65. The summed E-state index contributed by atoms with van der Waals surface area (Å²) in [6.45, 7) is 4.98. The molecule has 0 aromatic heterocycles. The van der Waals surface area contributed by atoms with Crippen LogP contribution < -0.4 is 0 Å². The van der Waals surface area contributed by atoms with Crippen molar-refractivity contribution in [2.75, 3.05) is 25.5 Å². The Morgan fingerprint density at radius 1 is 1.27 bits per heavy atom. The third-order valence-corrected chi connectivity index (χ3v) is 4.11. The lowest BCUT2D eigenvalue weighted by atomic mass is 10.0. The van der Waals surface area contributed by atoms with E-state index in [1.54, 1.807) is 0 Å². The Kier molecular flexibility index (Phi) is 6.91. The second-order valence-electron chi connectivity index (χ2n) is 5.28. The van der Waals surface area contributed by atoms with E-state index in [2.05, 4.69) is 34.8 Å². The van der Waals surface area contributed by atoms with Crippen molar-refractivity contribution in [2.24, 2.45) is 11.8 Å². The molecule has 1 unspecified atom stereocenters. The fourth-order valence-electron chi connectivity index (χ4n) is 2.50. The Balaban J connectivity index is 2.04. The normalized spacial score (nSPS) is 20.0. The average molecular weight is 276 g/mol. The van der Waals surface area contributed by atoms with E-state index in [0.717, 1.165) is 17.2 Å². The predicted octanol–water partition coefficient (Wildman–Crippen LogP) is 3.92. The van der Waals surface area contributed by atoms with E-state index in [1.807, 2.05) is 0 Å². The Morgan fingerprint density at radius 2 is 1.93 bits per heavy atom. The van der Waals surface area contributed by atoms with Crippen molar-refractivity contribution in [1.82, 2.24) is 4.90 Å². The molecule has 15 heavy (non-hydrogen) atoms. The summed E-state index contributed by atoms with van der Waals surface area (Å²) >= 11 is 3.51. The van der Waals surface area contributed by atoms with Gasteiger partial charge < -0.3 is 4.90 Å². The summed E-state index contributed by atoms with van der Waals surface area (Å²) in [7, 11) is 2.29. The van der Waals surface area contributed by atoms with E-state index in [-0.39, 0.29) is 0 Å². The summed E-state index contributed by atoms with van der Waals surface area (Å²) in [6.07, 6.45) is 8.56. The number of nitrogens with zero attached hydrogens (tertiary/aromatic N) is 1. The van der Waals surface area contributed by atoms with Crippen molar-refractivity contribution in [3.8, 4) is 0 Å². The quantitative estimate of drug-likeness (QED) is 0.637. The van der Waals surface area contributed by atoms with Crippen LogP contribution in [0.25, 0.3) is 0 Å². The Hall–Kier alpha value is 0.440. The monoisotopic (exact) mass is 275 g/mol. The van der Waals surface area contributed by atoms with Crippen LogP contribution in [0.3, 0.4) is 0 Å². The summed E-state index contributed by atoms with van der Waals surface area (Å²) < 4.78 is 0. The Morgan fingerprint density at radius 3 is 2.53 bits per heavy atom. The molecule has 0 aromatic rings. The molecule has 0 saturated heterocycles. The van der Waals surface area contributed by atoms with Gasteiger partial charge in [-0.2, -0.15) is 0 Å². The van der Waals surface area contributed by atoms with Crippen molar-refractivity contribution in [1.29, 1.82) is 0 Å². The molecule has 1 atom stereocenters. The van der Waals surface area contributed by atoms with Crippen LogP contribution in [0.4, 0.5) is 0 Å². The van der Waals surface area contributed by atoms with Gasteiger partial charge in [-0.05, 0) is 51.1 Å². The summed E-state index contributed by atoms with van der Waals surface area (Å²) in [5, 5.41) is 1.15. The molecule has 1 nitrogen and oxygen atoms in total. The molecule has 1 saturated carbocycles. The van der Waals surface area contributed by atoms with Gasteiger partial charge in [0.25, 0.3) is 0 Å². The van der Waals surface area contributed by atoms with Gasteiger partial charge in [0, 0.05) is 11.9 Å². The SMILES string of the molecule is CC(CCBr)CCN(C)CC1CCCC1. The van der Waals surface area contributed by atoms with Gasteiger partial charge >= 0.3 is 0 Å². The van der Waals surface area contributed by atoms with Gasteiger partial charge in [0.05, 0.1) is 0 Å². The van der Waals surface area contributed by atoms with Crippen molar-refractivity contribution in [3.05, 3.63) is 0 Å². The number of hydrogen-bond donors (Lipinski definition) is 0. The largest absolute Gasteiger partial charge is 0.306 e. The molecule has 0 N–H and O–H groups in total. The average Bonchev–Trinajstić information content (AvgIpc) is 2.68. The standard InChI is InChI=1S/C13H26BrN/c1-12(7-9-14)8-10-15(2)11-13-5-3-4-6-13/h12-13H,3-11H2,1-2H3. The maximum atomic E-state index is 3.51. The molecule has 0 amide bonds. The first-order chi connectivity index (χ1) is 7.22. The van der Waals surface area contributed by atoms with Gasteiger partial charge in [0.1, 0.15) is 0 Å². The highest BCUT2D eigenvalue weighted by atomic mass is 79.9. The van der Waals surface area contributed by atoms with Gasteiger partial charge in [0.15, 0.2) is 0 Å². The van der Waals surface area contributed by atoms with Crippen LogP contribution in [-0.2, 0) is 0 Å². The minimum absolute atomic E-state index is 0.871. The molecule has 1 fully saturated rings. The summed E-state index contributed by atoms with van der Waals surface area (Å²) in [6, 6.07) is 0. The van der Waals surface area contributed by atoms with Crippen LogP contribution in [0, 0.1) is 11.8 Å². The minimum atomic E-state index is 0.871. The van der Waals surface area contributed by atoms with Gasteiger partial charge in [-0.1, -0.05) is 35.7 Å². The summed E-state index contributed by atoms with van der Waals surface area (Å²) in [5.41, 5.74) is 0. The van der Waals surface area contributed by atoms with Gasteiger partial charge in [-0.15, -0.1) is 0 Å². The molecule has 1 aliphatic rings. The van der Waals surface area contributed by atoms with E-state index in [9.17, 15) is 0 Å². The van der Waals surface area contributed by atoms with Gasteiger partial charge in [-0.25, -0.2) is 0 Å². The maximum absolute atomic E-state index is 3.51. The predicted molar refractivity (Wildman–Crippen MR) is 71.6 cm³/mol. The Bertz CT molecular complexity index is 155. The molecule has 0 aromatic carbocycles. The highest BCUT2D eigenvalue weighted by molar-refractivity contribution is 9.09. The lowest BCUT2D eigenvalue weighted by Gasteiger charge is -2.22. The third kappa shape index (κ3) is 5.91. The van der Waals surface area contributed by atoms with Crippen LogP contribution in [0.5, 0.6) is 0 Å². The zero-order valence-electron chi connectivity index (χ0n) is 10.3. The number of hydrogen-bond acceptors (Lipinski definition) is 1. The molecule has 90 valence electrons. The maximum Gasteiger partial charge on any atom is 0.00338 e. The van der Waals surface area contributed by atoms with E-state index in [1.165, 1.54) is 51.6 Å². The van der Waals surface area contributed by atoms with Crippen LogP contribution in [0.2, 0.25) is 0 Å². The molecule has 0 radical (unpaired) electrons. The minimum Gasteiger partial charge on any atom is -0.306 e. The van der Waals surface area contributed by atoms with Crippen LogP contribution in [0.15, 0.2) is 0 Å². The van der Waals surface area contributed by atoms with Crippen LogP contribution >= 0.6 is 15.9 Å². The van der Waals surface area contributed by atoms with E-state index in [0.29, 0.717) is 0 Å². The van der Waals surface area contributed by atoms with Crippen molar-refractivity contribution in [3.63, 3.8) is 0 Å². The van der Waals surface area contributed by atoms with Crippen LogP contribution in [0.1, 0.15) is 45.4 Å². The molecule has 2 heteroatoms. The van der Waals surface area contributed by atoms with Crippen LogP contribution in [-0.4, -0.2) is 30.4 Å². The first-order valence-corrected chi connectivity index (χ1v) is 7.59. The van der Waals surface area contributed by atoms with E-state index < -0.39 is 0 Å². The zero-order valence-corrected chi connectivity index (χ0v) is 11.9. The first kappa shape index (κ1) is 13.5. The summed E-state index contributed by atoms with van der Waals surface area (Å²) in [4.78, 5) is 2.54. The molecule has 0 heterocycles. The van der Waals surface area contributed by atoms with Gasteiger partial charge in [-0.3, -0.25) is 0 Å². The second-order valence-corrected chi connectivity index (χ2v) is 6.08. The van der Waals surface area contributed by atoms with Crippen molar-refractivity contribution in [2.45, 2.75) is 45.4 Å². The molecule has 1 aliphatic carbocycles. The number of rotatable bonds is 7.